The number of hydrogen-bond acceptors (Lipinski definition) is 5. The minimum Gasteiger partial charge on any atom is -0.494 e. The lowest BCUT2D eigenvalue weighted by Gasteiger charge is -2.12. The second-order valence-electron chi connectivity index (χ2n) is 6.82. The van der Waals surface area contributed by atoms with Crippen molar-refractivity contribution in [3.8, 4) is 5.75 Å². The fraction of sp³-hybridized carbons (Fsp3) is 0.167. The summed E-state index contributed by atoms with van der Waals surface area (Å²) in [6, 6.07) is 19.8. The van der Waals surface area contributed by atoms with Crippen molar-refractivity contribution in [2.24, 2.45) is 0 Å². The lowest BCUT2D eigenvalue weighted by molar-refractivity contribution is -0.0418. The Labute approximate surface area is 180 Å². The molecule has 31 heavy (non-hydrogen) atoms. The highest BCUT2D eigenvalue weighted by atomic mass is 16.5. The number of amides is 2. The molecule has 0 heterocycles. The van der Waals surface area contributed by atoms with Gasteiger partial charge in [-0.2, -0.15) is 0 Å². The Morgan fingerprint density at radius 2 is 1.58 bits per heavy atom. The van der Waals surface area contributed by atoms with Gasteiger partial charge in [0.15, 0.2) is 6.29 Å². The highest BCUT2D eigenvalue weighted by molar-refractivity contribution is 6.06. The maximum Gasteiger partial charge on any atom is 0.255 e. The van der Waals surface area contributed by atoms with Crippen molar-refractivity contribution in [2.75, 3.05) is 17.2 Å². The third kappa shape index (κ3) is 5.91. The van der Waals surface area contributed by atoms with Crippen molar-refractivity contribution < 1.29 is 24.5 Å². The molecule has 0 aliphatic carbocycles. The monoisotopic (exact) mass is 420 g/mol. The number of carbonyl (C=O) groups is 2. The Bertz CT molecular complexity index is 1050. The van der Waals surface area contributed by atoms with Crippen molar-refractivity contribution in [3.05, 3.63) is 89.5 Å². The summed E-state index contributed by atoms with van der Waals surface area (Å²) in [5.74, 6) is -0.0634. The van der Waals surface area contributed by atoms with E-state index < -0.39 is 12.2 Å². The molecule has 0 saturated carbocycles. The number of carbonyl (C=O) groups excluding carboxylic acids is 2. The third-order valence-corrected chi connectivity index (χ3v) is 4.46. The van der Waals surface area contributed by atoms with E-state index in [0.29, 0.717) is 34.9 Å². The van der Waals surface area contributed by atoms with Gasteiger partial charge in [-0.3, -0.25) is 9.59 Å². The maximum atomic E-state index is 12.5. The number of anilines is 2. The summed E-state index contributed by atoms with van der Waals surface area (Å²) in [5.41, 5.74) is 1.87. The van der Waals surface area contributed by atoms with Crippen molar-refractivity contribution in [2.45, 2.75) is 19.6 Å². The van der Waals surface area contributed by atoms with E-state index in [1.54, 1.807) is 66.7 Å². The molecule has 0 atom stereocenters. The Morgan fingerprint density at radius 1 is 0.871 bits per heavy atom. The van der Waals surface area contributed by atoms with E-state index in [9.17, 15) is 19.8 Å². The molecule has 160 valence electrons. The minimum atomic E-state index is -1.69. The molecule has 7 heteroatoms. The van der Waals surface area contributed by atoms with Crippen LogP contribution in [0.25, 0.3) is 0 Å². The summed E-state index contributed by atoms with van der Waals surface area (Å²) >= 11 is 0. The van der Waals surface area contributed by atoms with Gasteiger partial charge in [-0.05, 0) is 55.0 Å². The number of benzene rings is 3. The molecule has 0 aliphatic heterocycles. The van der Waals surface area contributed by atoms with Gasteiger partial charge in [0, 0.05) is 28.1 Å². The Balaban J connectivity index is 1.65. The van der Waals surface area contributed by atoms with Crippen molar-refractivity contribution in [1.29, 1.82) is 0 Å². The predicted octanol–water partition coefficient (Wildman–Crippen LogP) is 3.96. The summed E-state index contributed by atoms with van der Waals surface area (Å²) in [7, 11) is 0. The molecule has 0 radical (unpaired) electrons. The highest BCUT2D eigenvalue weighted by Gasteiger charge is 2.13. The first-order valence-corrected chi connectivity index (χ1v) is 9.88. The smallest absolute Gasteiger partial charge is 0.255 e. The molecule has 3 aromatic rings. The number of aliphatic hydroxyl groups excluding tert-OH is 1. The van der Waals surface area contributed by atoms with Crippen LogP contribution in [-0.2, 0) is 0 Å². The SMILES string of the molecule is CCCOc1cccc(C(=O)Nc2ccc(C(=O)Nc3ccccc3C(O)O)cc2)c1. The minimum absolute atomic E-state index is 0.199. The first kappa shape index (κ1) is 22.0. The van der Waals surface area contributed by atoms with E-state index in [2.05, 4.69) is 10.6 Å². The van der Waals surface area contributed by atoms with Gasteiger partial charge in [0.05, 0.1) is 6.61 Å². The zero-order chi connectivity index (χ0) is 22.2. The second kappa shape index (κ2) is 10.4. The number of rotatable bonds is 8. The Morgan fingerprint density at radius 3 is 2.29 bits per heavy atom. The molecule has 0 fully saturated rings. The molecule has 3 aromatic carbocycles. The molecular formula is C24H24N2O5. The summed E-state index contributed by atoms with van der Waals surface area (Å²) in [6.07, 6.45) is -0.817. The van der Waals surface area contributed by atoms with Gasteiger partial charge in [0.2, 0.25) is 0 Å². The van der Waals surface area contributed by atoms with Gasteiger partial charge in [0.1, 0.15) is 5.75 Å². The van der Waals surface area contributed by atoms with Crippen LogP contribution in [0.4, 0.5) is 11.4 Å². The third-order valence-electron chi connectivity index (χ3n) is 4.46. The molecule has 0 bridgehead atoms. The van der Waals surface area contributed by atoms with Crippen molar-refractivity contribution in [1.82, 2.24) is 0 Å². The van der Waals surface area contributed by atoms with Gasteiger partial charge in [-0.1, -0.05) is 31.2 Å². The van der Waals surface area contributed by atoms with E-state index in [1.165, 1.54) is 6.07 Å². The summed E-state index contributed by atoms with van der Waals surface area (Å²) in [5, 5.41) is 24.3. The second-order valence-corrected chi connectivity index (χ2v) is 6.82. The van der Waals surface area contributed by atoms with Crippen LogP contribution in [0.15, 0.2) is 72.8 Å². The standard InChI is InChI=1S/C24H24N2O5/c1-2-14-31-19-7-5-6-17(15-19)23(28)25-18-12-10-16(11-13-18)22(27)26-21-9-4-3-8-20(21)24(29)30/h3-13,15,24,29-30H,2,14H2,1H3,(H,25,28)(H,26,27). The van der Waals surface area contributed by atoms with E-state index in [-0.39, 0.29) is 11.5 Å². The molecule has 3 rings (SSSR count). The molecular weight excluding hydrogens is 396 g/mol. The summed E-state index contributed by atoms with van der Waals surface area (Å²) in [6.45, 7) is 2.59. The average Bonchev–Trinajstić information content (AvgIpc) is 2.78. The topological polar surface area (TPSA) is 108 Å². The van der Waals surface area contributed by atoms with E-state index in [0.717, 1.165) is 6.42 Å². The molecule has 0 unspecified atom stereocenters. The normalized spacial score (nSPS) is 10.6. The Hall–Kier alpha value is -3.68. The number of nitrogens with one attached hydrogen (secondary N) is 2. The van der Waals surface area contributed by atoms with Crippen molar-refractivity contribution in [3.63, 3.8) is 0 Å². The van der Waals surface area contributed by atoms with Crippen LogP contribution in [0.5, 0.6) is 5.75 Å². The zero-order valence-electron chi connectivity index (χ0n) is 17.0. The van der Waals surface area contributed by atoms with Gasteiger partial charge in [0.25, 0.3) is 11.8 Å². The molecule has 0 saturated heterocycles. The highest BCUT2D eigenvalue weighted by Crippen LogP contribution is 2.22. The zero-order valence-corrected chi connectivity index (χ0v) is 17.0. The van der Waals surface area contributed by atoms with E-state index in [1.807, 2.05) is 6.92 Å². The van der Waals surface area contributed by atoms with Gasteiger partial charge in [-0.15, -0.1) is 0 Å². The number of ether oxygens (including phenoxy) is 1. The lowest BCUT2D eigenvalue weighted by atomic mass is 10.1. The summed E-state index contributed by atoms with van der Waals surface area (Å²) < 4.78 is 5.55. The van der Waals surface area contributed by atoms with Crippen LogP contribution in [0.2, 0.25) is 0 Å². The van der Waals surface area contributed by atoms with Crippen LogP contribution in [-0.4, -0.2) is 28.6 Å². The number of hydrogen-bond donors (Lipinski definition) is 4. The van der Waals surface area contributed by atoms with Gasteiger partial charge < -0.3 is 25.6 Å². The van der Waals surface area contributed by atoms with Crippen LogP contribution in [0, 0.1) is 0 Å². The lowest BCUT2D eigenvalue weighted by Crippen LogP contribution is -2.15. The molecule has 4 N–H and O–H groups in total. The molecule has 0 aliphatic rings. The van der Waals surface area contributed by atoms with Crippen LogP contribution in [0.1, 0.15) is 45.9 Å². The van der Waals surface area contributed by atoms with E-state index >= 15 is 0 Å². The van der Waals surface area contributed by atoms with E-state index in [4.69, 9.17) is 4.74 Å². The van der Waals surface area contributed by atoms with Gasteiger partial charge >= 0.3 is 0 Å². The summed E-state index contributed by atoms with van der Waals surface area (Å²) in [4.78, 5) is 25.0. The molecule has 0 aromatic heterocycles. The van der Waals surface area contributed by atoms with Crippen LogP contribution in [0.3, 0.4) is 0 Å². The van der Waals surface area contributed by atoms with Gasteiger partial charge in [-0.25, -0.2) is 0 Å². The fourth-order valence-electron chi connectivity index (χ4n) is 2.89. The van der Waals surface area contributed by atoms with Crippen LogP contribution < -0.4 is 15.4 Å². The number of para-hydroxylation sites is 1. The molecule has 0 spiro atoms. The Kier molecular flexibility index (Phi) is 7.37. The van der Waals surface area contributed by atoms with Crippen molar-refractivity contribution >= 4 is 23.2 Å². The largest absolute Gasteiger partial charge is 0.494 e. The fourth-order valence-corrected chi connectivity index (χ4v) is 2.89. The molecule has 7 nitrogen and oxygen atoms in total. The quantitative estimate of drug-likeness (QED) is 0.413. The molecule has 2 amide bonds. The first-order chi connectivity index (χ1) is 15.0. The number of aliphatic hydroxyl groups is 2. The first-order valence-electron chi connectivity index (χ1n) is 9.88. The maximum absolute atomic E-state index is 12.5. The predicted molar refractivity (Wildman–Crippen MR) is 118 cm³/mol. The van der Waals surface area contributed by atoms with Crippen LogP contribution >= 0.6 is 0 Å². The average molecular weight is 420 g/mol.